The van der Waals surface area contributed by atoms with Gasteiger partial charge >= 0.3 is 18.1 Å². The van der Waals surface area contributed by atoms with E-state index >= 15 is 0 Å². The average molecular weight is 212 g/mol. The zero-order chi connectivity index (χ0) is 10.9. The Morgan fingerprint density at radius 2 is 1.38 bits per heavy atom. The van der Waals surface area contributed by atoms with Crippen LogP contribution in [0.2, 0.25) is 0 Å². The Morgan fingerprint density at radius 3 is 1.62 bits per heavy atom. The summed E-state index contributed by atoms with van der Waals surface area (Å²) in [5.41, 5.74) is 0. The van der Waals surface area contributed by atoms with Gasteiger partial charge in [-0.05, 0) is 0 Å². The molecule has 1 nitrogen and oxygen atoms in total. The molecule has 0 aromatic heterocycles. The normalized spacial score (nSPS) is 15.4. The zero-order valence-electron chi connectivity index (χ0n) is 6.05. The van der Waals surface area contributed by atoms with Crippen molar-refractivity contribution in [2.45, 2.75) is 12.1 Å². The third-order valence-electron chi connectivity index (χ3n) is 0.983. The van der Waals surface area contributed by atoms with Crippen LogP contribution in [0.15, 0.2) is 11.8 Å². The summed E-state index contributed by atoms with van der Waals surface area (Å²) in [6.45, 7) is 0. The number of hydrogen-bond donors (Lipinski definition) is 0. The molecule has 0 radical (unpaired) electrons. The van der Waals surface area contributed by atoms with Crippen molar-refractivity contribution in [3.05, 3.63) is 11.8 Å². The fourth-order valence-corrected chi connectivity index (χ4v) is 0.337. The molecule has 0 N–H and O–H groups in total. The van der Waals surface area contributed by atoms with Crippen molar-refractivity contribution in [1.82, 2.24) is 0 Å². The van der Waals surface area contributed by atoms with Crippen molar-refractivity contribution in [1.29, 1.82) is 0 Å². The lowest BCUT2D eigenvalue weighted by atomic mass is 10.3. The highest BCUT2D eigenvalue weighted by atomic mass is 19.4. The van der Waals surface area contributed by atoms with Gasteiger partial charge in [0.15, 0.2) is 0 Å². The van der Waals surface area contributed by atoms with Crippen LogP contribution in [0.4, 0.5) is 30.7 Å². The first-order valence-electron chi connectivity index (χ1n) is 2.69. The van der Waals surface area contributed by atoms with Crippen LogP contribution in [0.5, 0.6) is 0 Å². The third-order valence-corrected chi connectivity index (χ3v) is 0.983. The molecule has 0 heterocycles. The molecule has 0 spiro atoms. The van der Waals surface area contributed by atoms with Crippen molar-refractivity contribution in [2.75, 3.05) is 7.11 Å². The van der Waals surface area contributed by atoms with Crippen molar-refractivity contribution >= 4 is 0 Å². The lowest BCUT2D eigenvalue weighted by Crippen LogP contribution is -2.37. The summed E-state index contributed by atoms with van der Waals surface area (Å²) in [7, 11) is 0.418. The molecule has 0 fully saturated rings. The molecule has 0 saturated carbocycles. The van der Waals surface area contributed by atoms with Gasteiger partial charge < -0.3 is 4.74 Å². The fourth-order valence-electron chi connectivity index (χ4n) is 0.337. The first-order chi connectivity index (χ1) is 5.64. The summed E-state index contributed by atoms with van der Waals surface area (Å²) in [5.74, 6) is -9.16. The lowest BCUT2D eigenvalue weighted by Gasteiger charge is -2.17. The topological polar surface area (TPSA) is 9.23 Å². The van der Waals surface area contributed by atoms with Gasteiger partial charge in [-0.1, -0.05) is 0 Å². The van der Waals surface area contributed by atoms with E-state index in [4.69, 9.17) is 0 Å². The SMILES string of the molecule is COC(F)=C(F)C(F)(F)C(F)(F)F. The van der Waals surface area contributed by atoms with Crippen LogP contribution < -0.4 is 0 Å². The van der Waals surface area contributed by atoms with Crippen LogP contribution >= 0.6 is 0 Å². The molecule has 0 aliphatic heterocycles. The summed E-state index contributed by atoms with van der Waals surface area (Å²) in [6.07, 6.45) is -6.19. The maximum atomic E-state index is 12.0. The van der Waals surface area contributed by atoms with Crippen LogP contribution in [-0.2, 0) is 4.74 Å². The predicted octanol–water partition coefficient (Wildman–Crippen LogP) is 2.94. The van der Waals surface area contributed by atoms with E-state index in [1.807, 2.05) is 0 Å². The number of ether oxygens (including phenoxy) is 1. The van der Waals surface area contributed by atoms with Crippen molar-refractivity contribution in [3.8, 4) is 0 Å². The van der Waals surface area contributed by atoms with Gasteiger partial charge in [-0.3, -0.25) is 0 Å². The van der Waals surface area contributed by atoms with E-state index < -0.39 is 23.9 Å². The largest absolute Gasteiger partial charge is 0.472 e. The molecule has 0 atom stereocenters. The summed E-state index contributed by atoms with van der Waals surface area (Å²) in [4.78, 5) is 0. The Labute approximate surface area is 67.8 Å². The van der Waals surface area contributed by atoms with Gasteiger partial charge in [0.2, 0.25) is 0 Å². The summed E-state index contributed by atoms with van der Waals surface area (Å²) < 4.78 is 84.9. The molecule has 0 rings (SSSR count). The Bertz CT molecular complexity index is 215. The van der Waals surface area contributed by atoms with Gasteiger partial charge in [0.1, 0.15) is 0 Å². The Kier molecular flexibility index (Phi) is 3.18. The number of methoxy groups -OCH3 is 1. The minimum absolute atomic E-state index is 0.418. The number of alkyl halides is 5. The van der Waals surface area contributed by atoms with E-state index in [1.165, 1.54) is 0 Å². The molecule has 0 aliphatic rings. The molecule has 0 unspecified atom stereocenters. The van der Waals surface area contributed by atoms with Crippen LogP contribution in [0.25, 0.3) is 0 Å². The highest BCUT2D eigenvalue weighted by Gasteiger charge is 2.63. The molecule has 8 heteroatoms. The molecule has 0 aliphatic carbocycles. The number of rotatable bonds is 2. The third kappa shape index (κ3) is 2.25. The van der Waals surface area contributed by atoms with Crippen LogP contribution in [0.1, 0.15) is 0 Å². The summed E-state index contributed by atoms with van der Waals surface area (Å²) in [5, 5.41) is 0. The van der Waals surface area contributed by atoms with Crippen LogP contribution in [0, 0.1) is 0 Å². The standard InChI is InChI=1S/C5H3F7O/c1-13-3(7)2(6)4(8,9)5(10,11)12/h1H3. The smallest absolute Gasteiger partial charge is 0.460 e. The Hall–Kier alpha value is -0.950. The van der Waals surface area contributed by atoms with Gasteiger partial charge in [0.05, 0.1) is 7.11 Å². The molecular weight excluding hydrogens is 209 g/mol. The Balaban J connectivity index is 5.07. The predicted molar refractivity (Wildman–Crippen MR) is 27.3 cm³/mol. The number of hydrogen-bond acceptors (Lipinski definition) is 1. The van der Waals surface area contributed by atoms with Crippen molar-refractivity contribution in [3.63, 3.8) is 0 Å². The molecule has 0 saturated heterocycles. The number of halogens is 7. The number of allylic oxidation sites excluding steroid dienone is 1. The van der Waals surface area contributed by atoms with Crippen LogP contribution in [-0.4, -0.2) is 19.2 Å². The quantitative estimate of drug-likeness (QED) is 0.505. The highest BCUT2D eigenvalue weighted by molar-refractivity contribution is 5.08. The van der Waals surface area contributed by atoms with Gasteiger partial charge in [-0.15, -0.1) is 0 Å². The summed E-state index contributed by atoms with van der Waals surface area (Å²) in [6, 6.07) is -2.60. The molecule has 78 valence electrons. The van der Waals surface area contributed by atoms with Crippen LogP contribution in [0.3, 0.4) is 0 Å². The monoisotopic (exact) mass is 212 g/mol. The fraction of sp³-hybridized carbons (Fsp3) is 0.600. The van der Waals surface area contributed by atoms with E-state index in [0.717, 1.165) is 0 Å². The van der Waals surface area contributed by atoms with Gasteiger partial charge in [-0.25, -0.2) is 0 Å². The second kappa shape index (κ2) is 3.43. The van der Waals surface area contributed by atoms with E-state index in [0.29, 0.717) is 7.11 Å². The van der Waals surface area contributed by atoms with E-state index in [-0.39, 0.29) is 0 Å². The summed E-state index contributed by atoms with van der Waals surface area (Å²) >= 11 is 0. The second-order valence-electron chi connectivity index (χ2n) is 1.86. The molecule has 13 heavy (non-hydrogen) atoms. The Morgan fingerprint density at radius 1 is 1.00 bits per heavy atom. The molecule has 0 aromatic carbocycles. The minimum Gasteiger partial charge on any atom is -0.472 e. The van der Waals surface area contributed by atoms with E-state index in [9.17, 15) is 30.7 Å². The van der Waals surface area contributed by atoms with Crippen molar-refractivity contribution in [2.24, 2.45) is 0 Å². The van der Waals surface area contributed by atoms with E-state index in [2.05, 4.69) is 4.74 Å². The minimum atomic E-state index is -6.19. The van der Waals surface area contributed by atoms with Gasteiger partial charge in [-0.2, -0.15) is 30.7 Å². The lowest BCUT2D eigenvalue weighted by molar-refractivity contribution is -0.272. The van der Waals surface area contributed by atoms with Gasteiger partial charge in [0.25, 0.3) is 5.83 Å². The molecule has 0 bridgehead atoms. The first kappa shape index (κ1) is 12.0. The molecule has 0 aromatic rings. The molecule has 0 amide bonds. The first-order valence-corrected chi connectivity index (χ1v) is 2.69. The highest BCUT2D eigenvalue weighted by Crippen LogP contribution is 2.42. The maximum absolute atomic E-state index is 12.0. The van der Waals surface area contributed by atoms with E-state index in [1.54, 1.807) is 0 Å². The second-order valence-corrected chi connectivity index (χ2v) is 1.86. The molecular formula is C5H3F7O. The zero-order valence-corrected chi connectivity index (χ0v) is 6.05. The maximum Gasteiger partial charge on any atom is 0.460 e. The van der Waals surface area contributed by atoms with Gasteiger partial charge in [0, 0.05) is 0 Å². The van der Waals surface area contributed by atoms with Crippen molar-refractivity contribution < 1.29 is 35.5 Å². The average Bonchev–Trinajstić information content (AvgIpc) is 1.99.